The quantitative estimate of drug-likeness (QED) is 0.699. The molecule has 8 heteroatoms. The number of carbonyl (C=O) groups is 1. The predicted octanol–water partition coefficient (Wildman–Crippen LogP) is 4.63. The van der Waals surface area contributed by atoms with Crippen LogP contribution in [0.1, 0.15) is 30.3 Å². The zero-order valence-electron chi connectivity index (χ0n) is 14.8. The van der Waals surface area contributed by atoms with E-state index in [2.05, 4.69) is 21.5 Å². The first kappa shape index (κ1) is 18.0. The maximum absolute atomic E-state index is 12.7. The second-order valence-corrected chi connectivity index (χ2v) is 6.87. The van der Waals surface area contributed by atoms with Crippen molar-refractivity contribution in [2.45, 2.75) is 18.9 Å². The number of nitriles is 1. The van der Waals surface area contributed by atoms with Crippen LogP contribution in [-0.4, -0.2) is 27.6 Å². The SMILES string of the molecule is N#Cc1ccc(NC(=O)N2CCC[C@H]2c2nc(-c3cccc(Cl)c3)no2)cc1. The van der Waals surface area contributed by atoms with Crippen LogP contribution in [0.25, 0.3) is 11.4 Å². The summed E-state index contributed by atoms with van der Waals surface area (Å²) in [6, 6.07) is 15.5. The number of halogens is 1. The number of aromatic nitrogens is 2. The van der Waals surface area contributed by atoms with Crippen molar-refractivity contribution in [3.8, 4) is 17.5 Å². The van der Waals surface area contributed by atoms with Crippen molar-refractivity contribution in [3.05, 3.63) is 65.0 Å². The van der Waals surface area contributed by atoms with Crippen molar-refractivity contribution in [2.75, 3.05) is 11.9 Å². The number of hydrogen-bond acceptors (Lipinski definition) is 5. The van der Waals surface area contributed by atoms with Crippen LogP contribution < -0.4 is 5.32 Å². The molecule has 28 heavy (non-hydrogen) atoms. The largest absolute Gasteiger partial charge is 0.337 e. The fourth-order valence-electron chi connectivity index (χ4n) is 3.21. The van der Waals surface area contributed by atoms with Crippen LogP contribution in [0.3, 0.4) is 0 Å². The van der Waals surface area contributed by atoms with E-state index in [-0.39, 0.29) is 12.1 Å². The van der Waals surface area contributed by atoms with Gasteiger partial charge in [0.05, 0.1) is 11.6 Å². The van der Waals surface area contributed by atoms with Crippen molar-refractivity contribution in [1.29, 1.82) is 5.26 Å². The Labute approximate surface area is 166 Å². The minimum atomic E-state index is -0.279. The number of rotatable bonds is 3. The Balaban J connectivity index is 1.50. The van der Waals surface area contributed by atoms with Gasteiger partial charge in [0.25, 0.3) is 0 Å². The maximum Gasteiger partial charge on any atom is 0.322 e. The molecule has 7 nitrogen and oxygen atoms in total. The molecule has 2 heterocycles. The third kappa shape index (κ3) is 3.68. The summed E-state index contributed by atoms with van der Waals surface area (Å²) in [5, 5.41) is 16.3. The maximum atomic E-state index is 12.7. The first-order chi connectivity index (χ1) is 13.6. The number of benzene rings is 2. The lowest BCUT2D eigenvalue weighted by molar-refractivity contribution is 0.193. The smallest absolute Gasteiger partial charge is 0.322 e. The predicted molar refractivity (Wildman–Crippen MR) is 104 cm³/mol. The minimum Gasteiger partial charge on any atom is -0.337 e. The van der Waals surface area contributed by atoms with E-state index in [0.717, 1.165) is 18.4 Å². The fourth-order valence-corrected chi connectivity index (χ4v) is 3.40. The van der Waals surface area contributed by atoms with E-state index in [1.807, 2.05) is 12.1 Å². The molecule has 140 valence electrons. The molecule has 0 unspecified atom stereocenters. The summed E-state index contributed by atoms with van der Waals surface area (Å²) in [6.45, 7) is 0.599. The molecule has 1 atom stereocenters. The van der Waals surface area contributed by atoms with Gasteiger partial charge in [0, 0.05) is 22.8 Å². The van der Waals surface area contributed by atoms with Crippen molar-refractivity contribution in [1.82, 2.24) is 15.0 Å². The Morgan fingerprint density at radius 2 is 2.11 bits per heavy atom. The molecule has 0 spiro atoms. The number of nitrogens with zero attached hydrogens (tertiary/aromatic N) is 4. The summed E-state index contributed by atoms with van der Waals surface area (Å²) in [5.74, 6) is 0.847. The summed E-state index contributed by atoms with van der Waals surface area (Å²) in [4.78, 5) is 18.9. The topological polar surface area (TPSA) is 95.1 Å². The van der Waals surface area contributed by atoms with Crippen LogP contribution in [0.5, 0.6) is 0 Å². The summed E-state index contributed by atoms with van der Waals surface area (Å²) >= 11 is 6.02. The standard InChI is InChI=1S/C20H16ClN5O2/c21-15-4-1-3-14(11-15)18-24-19(28-25-18)17-5-2-10-26(17)20(27)23-16-8-6-13(12-22)7-9-16/h1,3-4,6-9,11,17H,2,5,10H2,(H,23,27)/t17-/m0/s1. The fraction of sp³-hybridized carbons (Fsp3) is 0.200. The van der Waals surface area contributed by atoms with E-state index in [1.165, 1.54) is 0 Å². The molecule has 1 aliphatic rings. The Bertz CT molecular complexity index is 1040. The molecule has 2 amide bonds. The van der Waals surface area contributed by atoms with Crippen LogP contribution >= 0.6 is 11.6 Å². The lowest BCUT2D eigenvalue weighted by Gasteiger charge is -2.22. The van der Waals surface area contributed by atoms with E-state index in [0.29, 0.717) is 34.5 Å². The minimum absolute atomic E-state index is 0.241. The van der Waals surface area contributed by atoms with Gasteiger partial charge >= 0.3 is 6.03 Å². The number of hydrogen-bond donors (Lipinski definition) is 1. The molecule has 0 bridgehead atoms. The average Bonchev–Trinajstić information content (AvgIpc) is 3.38. The van der Waals surface area contributed by atoms with Crippen LogP contribution in [0.15, 0.2) is 53.1 Å². The van der Waals surface area contributed by atoms with Gasteiger partial charge in [-0.25, -0.2) is 4.79 Å². The van der Waals surface area contributed by atoms with Gasteiger partial charge in [0.15, 0.2) is 0 Å². The van der Waals surface area contributed by atoms with Gasteiger partial charge in [-0.1, -0.05) is 28.9 Å². The number of anilines is 1. The lowest BCUT2D eigenvalue weighted by atomic mass is 10.2. The van der Waals surface area contributed by atoms with Crippen LogP contribution in [0.4, 0.5) is 10.5 Å². The highest BCUT2D eigenvalue weighted by molar-refractivity contribution is 6.30. The zero-order chi connectivity index (χ0) is 19.5. The summed E-state index contributed by atoms with van der Waals surface area (Å²) in [6.07, 6.45) is 1.60. The number of urea groups is 1. The Morgan fingerprint density at radius 1 is 1.29 bits per heavy atom. The van der Waals surface area contributed by atoms with E-state index < -0.39 is 0 Å². The molecule has 0 saturated carbocycles. The van der Waals surface area contributed by atoms with Gasteiger partial charge in [-0.15, -0.1) is 0 Å². The summed E-state index contributed by atoms with van der Waals surface area (Å²) in [5.41, 5.74) is 1.92. The van der Waals surface area contributed by atoms with Gasteiger partial charge < -0.3 is 14.7 Å². The number of carbonyl (C=O) groups excluding carboxylic acids is 1. The molecule has 1 aliphatic heterocycles. The highest BCUT2D eigenvalue weighted by atomic mass is 35.5. The van der Waals surface area contributed by atoms with Gasteiger partial charge in [-0.3, -0.25) is 0 Å². The second-order valence-electron chi connectivity index (χ2n) is 6.44. The molecule has 1 fully saturated rings. The Kier molecular flexibility index (Phi) is 4.96. The Hall–Kier alpha value is -3.37. The van der Waals surface area contributed by atoms with E-state index in [9.17, 15) is 4.79 Å². The third-order valence-electron chi connectivity index (χ3n) is 4.59. The monoisotopic (exact) mass is 393 g/mol. The van der Waals surface area contributed by atoms with E-state index in [4.69, 9.17) is 21.4 Å². The molecule has 2 aromatic carbocycles. The van der Waals surface area contributed by atoms with Gasteiger partial charge in [-0.05, 0) is 49.2 Å². The molecule has 1 N–H and O–H groups in total. The van der Waals surface area contributed by atoms with Gasteiger partial charge in [-0.2, -0.15) is 10.2 Å². The molecule has 4 rings (SSSR count). The molecular formula is C20H16ClN5O2. The first-order valence-electron chi connectivity index (χ1n) is 8.81. The number of nitrogens with one attached hydrogen (secondary N) is 1. The van der Waals surface area contributed by atoms with Crippen molar-refractivity contribution >= 4 is 23.3 Å². The summed E-state index contributed by atoms with van der Waals surface area (Å²) < 4.78 is 5.44. The van der Waals surface area contributed by atoms with Crippen LogP contribution in [0, 0.1) is 11.3 Å². The van der Waals surface area contributed by atoms with Crippen molar-refractivity contribution < 1.29 is 9.32 Å². The Morgan fingerprint density at radius 3 is 2.86 bits per heavy atom. The van der Waals surface area contributed by atoms with E-state index in [1.54, 1.807) is 41.3 Å². The van der Waals surface area contributed by atoms with Crippen molar-refractivity contribution in [2.24, 2.45) is 0 Å². The number of likely N-dealkylation sites (tertiary alicyclic amines) is 1. The second kappa shape index (κ2) is 7.71. The lowest BCUT2D eigenvalue weighted by Crippen LogP contribution is -2.34. The van der Waals surface area contributed by atoms with Crippen LogP contribution in [0.2, 0.25) is 5.02 Å². The molecule has 0 radical (unpaired) electrons. The van der Waals surface area contributed by atoms with Crippen LogP contribution in [-0.2, 0) is 0 Å². The van der Waals surface area contributed by atoms with Gasteiger partial charge in [0.2, 0.25) is 11.7 Å². The molecule has 3 aromatic rings. The number of amides is 2. The highest BCUT2D eigenvalue weighted by Gasteiger charge is 2.34. The molecule has 0 aliphatic carbocycles. The molecular weight excluding hydrogens is 378 g/mol. The highest BCUT2D eigenvalue weighted by Crippen LogP contribution is 2.32. The third-order valence-corrected chi connectivity index (χ3v) is 4.82. The molecule has 1 aromatic heterocycles. The molecule has 1 saturated heterocycles. The van der Waals surface area contributed by atoms with Crippen molar-refractivity contribution in [3.63, 3.8) is 0 Å². The summed E-state index contributed by atoms with van der Waals surface area (Å²) in [7, 11) is 0. The van der Waals surface area contributed by atoms with Gasteiger partial charge in [0.1, 0.15) is 6.04 Å². The zero-order valence-corrected chi connectivity index (χ0v) is 15.6. The average molecular weight is 394 g/mol. The first-order valence-corrected chi connectivity index (χ1v) is 9.19. The normalized spacial score (nSPS) is 16.0. The van der Waals surface area contributed by atoms with E-state index >= 15 is 0 Å².